The first kappa shape index (κ1) is 22.0. The molecule has 0 saturated carbocycles. The SMILES string of the molecule is CCOC(=O)N1c2cc(C)c(C)cc2N(C(=O)c2ccc(Cl)cc2OC)CC1CC. The number of ether oxygens (including phenoxy) is 2. The molecule has 1 heterocycles. The lowest BCUT2D eigenvalue weighted by Crippen LogP contribution is -2.53. The molecule has 0 fully saturated rings. The monoisotopic (exact) mass is 430 g/mol. The first-order valence-electron chi connectivity index (χ1n) is 10.0. The van der Waals surface area contributed by atoms with Crippen LogP contribution in [0.1, 0.15) is 41.8 Å². The average Bonchev–Trinajstić information content (AvgIpc) is 2.73. The normalized spacial score (nSPS) is 15.6. The number of hydrogen-bond acceptors (Lipinski definition) is 4. The molecule has 3 rings (SSSR count). The molecule has 1 aliphatic heterocycles. The smallest absolute Gasteiger partial charge is 0.414 e. The molecule has 1 aliphatic rings. The summed E-state index contributed by atoms with van der Waals surface area (Å²) in [5.74, 6) is 0.216. The van der Waals surface area contributed by atoms with Crippen LogP contribution in [-0.2, 0) is 4.74 Å². The molecule has 30 heavy (non-hydrogen) atoms. The summed E-state index contributed by atoms with van der Waals surface area (Å²) in [5, 5.41) is 0.494. The van der Waals surface area contributed by atoms with Crippen molar-refractivity contribution in [1.82, 2.24) is 0 Å². The Balaban J connectivity index is 2.15. The van der Waals surface area contributed by atoms with Crippen molar-refractivity contribution in [3.8, 4) is 5.75 Å². The second-order valence-electron chi connectivity index (χ2n) is 7.32. The molecule has 0 aliphatic carbocycles. The summed E-state index contributed by atoms with van der Waals surface area (Å²) < 4.78 is 10.7. The number of halogens is 1. The highest BCUT2D eigenvalue weighted by Gasteiger charge is 2.38. The number of carbonyl (C=O) groups is 2. The third-order valence-electron chi connectivity index (χ3n) is 5.47. The van der Waals surface area contributed by atoms with E-state index in [-0.39, 0.29) is 18.6 Å². The standard InChI is InChI=1S/C23H27ClN2O4/c1-6-17-13-25(22(27)18-9-8-16(24)12-21(18)29-5)19-10-14(3)15(4)11-20(19)26(17)23(28)30-7-2/h8-12,17H,6-7,13H2,1-5H3. The van der Waals surface area contributed by atoms with E-state index in [1.165, 1.54) is 7.11 Å². The topological polar surface area (TPSA) is 59.1 Å². The summed E-state index contributed by atoms with van der Waals surface area (Å²) in [4.78, 5) is 29.8. The van der Waals surface area contributed by atoms with E-state index in [1.807, 2.05) is 32.9 Å². The van der Waals surface area contributed by atoms with E-state index in [4.69, 9.17) is 21.1 Å². The van der Waals surface area contributed by atoms with Crippen LogP contribution in [0.5, 0.6) is 5.75 Å². The van der Waals surface area contributed by atoms with Gasteiger partial charge in [-0.05, 0) is 68.7 Å². The lowest BCUT2D eigenvalue weighted by Gasteiger charge is -2.42. The molecule has 0 N–H and O–H groups in total. The van der Waals surface area contributed by atoms with Crippen LogP contribution in [0.2, 0.25) is 5.02 Å². The molecule has 1 unspecified atom stereocenters. The third kappa shape index (κ3) is 3.97. The van der Waals surface area contributed by atoms with Crippen LogP contribution in [0.25, 0.3) is 0 Å². The molecule has 0 bridgehead atoms. The van der Waals surface area contributed by atoms with Crippen LogP contribution in [0.15, 0.2) is 30.3 Å². The van der Waals surface area contributed by atoms with Gasteiger partial charge in [0.25, 0.3) is 5.91 Å². The summed E-state index contributed by atoms with van der Waals surface area (Å²) in [6, 6.07) is 8.66. The Morgan fingerprint density at radius 2 is 1.77 bits per heavy atom. The van der Waals surface area contributed by atoms with Gasteiger partial charge in [0.1, 0.15) is 5.75 Å². The predicted molar refractivity (Wildman–Crippen MR) is 119 cm³/mol. The number of hydrogen-bond donors (Lipinski definition) is 0. The first-order valence-corrected chi connectivity index (χ1v) is 10.4. The van der Waals surface area contributed by atoms with E-state index >= 15 is 0 Å². The minimum atomic E-state index is -0.398. The van der Waals surface area contributed by atoms with Gasteiger partial charge in [-0.15, -0.1) is 0 Å². The fourth-order valence-corrected chi connectivity index (χ4v) is 3.88. The Hall–Kier alpha value is -2.73. The van der Waals surface area contributed by atoms with Crippen molar-refractivity contribution < 1.29 is 19.1 Å². The number of aryl methyl sites for hydroxylation is 2. The fourth-order valence-electron chi connectivity index (χ4n) is 3.71. The third-order valence-corrected chi connectivity index (χ3v) is 5.71. The second kappa shape index (κ2) is 8.96. The molecular weight excluding hydrogens is 404 g/mol. The van der Waals surface area contributed by atoms with Crippen molar-refractivity contribution in [1.29, 1.82) is 0 Å². The largest absolute Gasteiger partial charge is 0.496 e. The van der Waals surface area contributed by atoms with Crippen LogP contribution in [0.3, 0.4) is 0 Å². The number of nitrogens with zero attached hydrogens (tertiary/aromatic N) is 2. The molecule has 1 atom stereocenters. The quantitative estimate of drug-likeness (QED) is 0.654. The molecule has 2 aromatic carbocycles. The van der Waals surface area contributed by atoms with Crippen molar-refractivity contribution in [2.45, 2.75) is 40.2 Å². The van der Waals surface area contributed by atoms with Gasteiger partial charge in [-0.1, -0.05) is 18.5 Å². The van der Waals surface area contributed by atoms with E-state index < -0.39 is 6.09 Å². The molecule has 2 amide bonds. The zero-order chi connectivity index (χ0) is 22.0. The summed E-state index contributed by atoms with van der Waals surface area (Å²) in [5.41, 5.74) is 3.85. The molecule has 2 aromatic rings. The van der Waals surface area contributed by atoms with Crippen LogP contribution >= 0.6 is 11.6 Å². The summed E-state index contributed by atoms with van der Waals surface area (Å²) in [6.07, 6.45) is 0.275. The van der Waals surface area contributed by atoms with Gasteiger partial charge in [-0.2, -0.15) is 0 Å². The molecular formula is C23H27ClN2O4. The first-order chi connectivity index (χ1) is 14.3. The fraction of sp³-hybridized carbons (Fsp3) is 0.391. The number of amides is 2. The van der Waals surface area contributed by atoms with Crippen molar-refractivity contribution in [3.63, 3.8) is 0 Å². The van der Waals surface area contributed by atoms with E-state index in [0.717, 1.165) is 11.1 Å². The Labute approximate surface area is 182 Å². The summed E-state index contributed by atoms with van der Waals surface area (Å²) >= 11 is 6.07. The van der Waals surface area contributed by atoms with Crippen molar-refractivity contribution in [3.05, 3.63) is 52.0 Å². The van der Waals surface area contributed by atoms with Crippen molar-refractivity contribution in [2.24, 2.45) is 0 Å². The summed E-state index contributed by atoms with van der Waals surface area (Å²) in [6.45, 7) is 8.40. The van der Waals surface area contributed by atoms with Gasteiger partial charge in [0, 0.05) is 11.6 Å². The van der Waals surface area contributed by atoms with E-state index in [2.05, 4.69) is 0 Å². The molecule has 0 spiro atoms. The second-order valence-corrected chi connectivity index (χ2v) is 7.75. The maximum absolute atomic E-state index is 13.6. The highest BCUT2D eigenvalue weighted by Crippen LogP contribution is 2.40. The highest BCUT2D eigenvalue weighted by molar-refractivity contribution is 6.31. The maximum atomic E-state index is 13.6. The molecule has 0 saturated heterocycles. The van der Waals surface area contributed by atoms with E-state index in [1.54, 1.807) is 34.9 Å². The lowest BCUT2D eigenvalue weighted by molar-refractivity contribution is 0.0978. The van der Waals surface area contributed by atoms with Crippen LogP contribution < -0.4 is 14.5 Å². The minimum absolute atomic E-state index is 0.199. The highest BCUT2D eigenvalue weighted by atomic mass is 35.5. The number of rotatable bonds is 4. The van der Waals surface area contributed by atoms with Gasteiger partial charge in [0.15, 0.2) is 0 Å². The number of fused-ring (bicyclic) bond motifs is 1. The van der Waals surface area contributed by atoms with Crippen molar-refractivity contribution >= 4 is 35.0 Å². The number of methoxy groups -OCH3 is 1. The average molecular weight is 431 g/mol. The Bertz CT molecular complexity index is 976. The van der Waals surface area contributed by atoms with Gasteiger partial charge >= 0.3 is 6.09 Å². The van der Waals surface area contributed by atoms with Gasteiger partial charge in [-0.25, -0.2) is 4.79 Å². The summed E-state index contributed by atoms with van der Waals surface area (Å²) in [7, 11) is 1.51. The van der Waals surface area contributed by atoms with E-state index in [0.29, 0.717) is 40.7 Å². The lowest BCUT2D eigenvalue weighted by atomic mass is 9.99. The molecule has 0 radical (unpaired) electrons. The van der Waals surface area contributed by atoms with Gasteiger partial charge < -0.3 is 14.4 Å². The van der Waals surface area contributed by atoms with Crippen LogP contribution in [-0.4, -0.2) is 38.3 Å². The molecule has 160 valence electrons. The maximum Gasteiger partial charge on any atom is 0.414 e. The zero-order valence-corrected chi connectivity index (χ0v) is 18.7. The minimum Gasteiger partial charge on any atom is -0.496 e. The molecule has 0 aromatic heterocycles. The van der Waals surface area contributed by atoms with Gasteiger partial charge in [0.2, 0.25) is 0 Å². The zero-order valence-electron chi connectivity index (χ0n) is 18.0. The number of anilines is 2. The van der Waals surface area contributed by atoms with Gasteiger partial charge in [-0.3, -0.25) is 9.69 Å². The number of carbonyl (C=O) groups excluding carboxylic acids is 2. The Kier molecular flexibility index (Phi) is 6.56. The molecule has 7 heteroatoms. The molecule has 6 nitrogen and oxygen atoms in total. The Morgan fingerprint density at radius 1 is 1.10 bits per heavy atom. The van der Waals surface area contributed by atoms with Crippen molar-refractivity contribution in [2.75, 3.05) is 30.1 Å². The van der Waals surface area contributed by atoms with Crippen LogP contribution in [0.4, 0.5) is 16.2 Å². The van der Waals surface area contributed by atoms with E-state index in [9.17, 15) is 9.59 Å². The predicted octanol–water partition coefficient (Wildman–Crippen LogP) is 5.37. The Morgan fingerprint density at radius 3 is 2.37 bits per heavy atom. The van der Waals surface area contributed by atoms with Gasteiger partial charge in [0.05, 0.1) is 36.7 Å². The van der Waals surface area contributed by atoms with Crippen LogP contribution in [0, 0.1) is 13.8 Å². The number of benzene rings is 2.